The van der Waals surface area contributed by atoms with Gasteiger partial charge in [0.15, 0.2) is 0 Å². The number of hydrogen-bond donors (Lipinski definition) is 1. The van der Waals surface area contributed by atoms with Gasteiger partial charge in [0.1, 0.15) is 12.4 Å². The summed E-state index contributed by atoms with van der Waals surface area (Å²) in [5, 5.41) is 0. The number of benzene rings is 1. The van der Waals surface area contributed by atoms with Crippen molar-refractivity contribution < 1.29 is 4.74 Å². The first-order valence-corrected chi connectivity index (χ1v) is 6.92. The molecule has 0 aromatic heterocycles. The maximum atomic E-state index is 5.56. The van der Waals surface area contributed by atoms with Gasteiger partial charge in [0.2, 0.25) is 0 Å². The van der Waals surface area contributed by atoms with E-state index in [1.165, 1.54) is 31.5 Å². The summed E-state index contributed by atoms with van der Waals surface area (Å²) < 4.78 is 5.56. The fourth-order valence-electron chi connectivity index (χ4n) is 2.39. The zero-order valence-corrected chi connectivity index (χ0v) is 11.3. The first-order valence-electron chi connectivity index (χ1n) is 6.92. The van der Waals surface area contributed by atoms with Gasteiger partial charge >= 0.3 is 0 Å². The molecule has 0 amide bonds. The van der Waals surface area contributed by atoms with Crippen molar-refractivity contribution in [2.24, 2.45) is 11.7 Å². The Morgan fingerprint density at radius 1 is 1.33 bits per heavy atom. The maximum absolute atomic E-state index is 5.56. The molecule has 1 heterocycles. The molecule has 1 aliphatic rings. The van der Waals surface area contributed by atoms with E-state index in [2.05, 4.69) is 30.0 Å². The number of likely N-dealkylation sites (tertiary alicyclic amines) is 1. The van der Waals surface area contributed by atoms with Gasteiger partial charge in [-0.3, -0.25) is 4.90 Å². The van der Waals surface area contributed by atoms with Gasteiger partial charge in [-0.05, 0) is 49.5 Å². The van der Waals surface area contributed by atoms with Gasteiger partial charge in [0, 0.05) is 13.1 Å². The van der Waals surface area contributed by atoms with Crippen molar-refractivity contribution in [3.05, 3.63) is 29.8 Å². The van der Waals surface area contributed by atoms with Crippen molar-refractivity contribution in [1.82, 2.24) is 4.90 Å². The average molecular weight is 248 g/mol. The zero-order valence-electron chi connectivity index (χ0n) is 11.3. The molecule has 2 N–H and O–H groups in total. The Balaban J connectivity index is 1.88. The minimum Gasteiger partial charge on any atom is -0.492 e. The highest BCUT2D eigenvalue weighted by molar-refractivity contribution is 5.28. The van der Waals surface area contributed by atoms with Crippen LogP contribution in [0.1, 0.15) is 25.3 Å². The van der Waals surface area contributed by atoms with Crippen LogP contribution >= 0.6 is 0 Å². The summed E-state index contributed by atoms with van der Waals surface area (Å²) in [5.41, 5.74) is 6.78. The second-order valence-electron chi connectivity index (χ2n) is 5.24. The van der Waals surface area contributed by atoms with Crippen molar-refractivity contribution in [3.63, 3.8) is 0 Å². The van der Waals surface area contributed by atoms with Gasteiger partial charge in [0.25, 0.3) is 0 Å². The van der Waals surface area contributed by atoms with E-state index in [9.17, 15) is 0 Å². The molecule has 0 unspecified atom stereocenters. The van der Waals surface area contributed by atoms with E-state index in [-0.39, 0.29) is 0 Å². The third kappa shape index (κ3) is 4.00. The molecule has 0 saturated carbocycles. The summed E-state index contributed by atoms with van der Waals surface area (Å²) in [5.74, 6) is 1.82. The van der Waals surface area contributed by atoms with Crippen molar-refractivity contribution in [3.8, 4) is 5.75 Å². The first-order chi connectivity index (χ1) is 8.78. The summed E-state index contributed by atoms with van der Waals surface area (Å²) in [6.45, 7) is 6.97. The van der Waals surface area contributed by atoms with Gasteiger partial charge in [-0.2, -0.15) is 0 Å². The van der Waals surface area contributed by atoms with E-state index in [0.717, 1.165) is 18.2 Å². The summed E-state index contributed by atoms with van der Waals surface area (Å²) in [7, 11) is 0. The van der Waals surface area contributed by atoms with Crippen LogP contribution in [0.3, 0.4) is 0 Å². The van der Waals surface area contributed by atoms with Crippen LogP contribution in [-0.2, 0) is 6.54 Å². The Kier molecular flexibility index (Phi) is 5.02. The van der Waals surface area contributed by atoms with E-state index < -0.39 is 0 Å². The molecule has 1 fully saturated rings. The fraction of sp³-hybridized carbons (Fsp3) is 0.600. The number of piperidine rings is 1. The van der Waals surface area contributed by atoms with Crippen molar-refractivity contribution in [2.45, 2.75) is 26.3 Å². The van der Waals surface area contributed by atoms with Crippen molar-refractivity contribution in [2.75, 3.05) is 26.2 Å². The Labute approximate surface area is 110 Å². The van der Waals surface area contributed by atoms with Crippen molar-refractivity contribution in [1.29, 1.82) is 0 Å². The summed E-state index contributed by atoms with van der Waals surface area (Å²) in [4.78, 5) is 2.53. The predicted octanol–water partition coefficient (Wildman–Crippen LogP) is 2.26. The minimum atomic E-state index is 0.564. The standard InChI is InChI=1S/C15H24N2O/c1-13-5-8-17(9-6-13)12-14-3-2-4-15(11-14)18-10-7-16/h2-4,11,13H,5-10,12,16H2,1H3. The van der Waals surface area contributed by atoms with Crippen LogP contribution in [0.25, 0.3) is 0 Å². The molecule has 0 bridgehead atoms. The zero-order chi connectivity index (χ0) is 12.8. The molecule has 18 heavy (non-hydrogen) atoms. The van der Waals surface area contributed by atoms with Crippen LogP contribution in [0.2, 0.25) is 0 Å². The highest BCUT2D eigenvalue weighted by Crippen LogP contribution is 2.20. The van der Waals surface area contributed by atoms with E-state index in [4.69, 9.17) is 10.5 Å². The quantitative estimate of drug-likeness (QED) is 0.868. The SMILES string of the molecule is CC1CCN(Cc2cccc(OCCN)c2)CC1. The third-order valence-electron chi connectivity index (χ3n) is 3.57. The Bertz CT molecular complexity index is 359. The van der Waals surface area contributed by atoms with Crippen LogP contribution in [0.4, 0.5) is 0 Å². The Morgan fingerprint density at radius 3 is 2.83 bits per heavy atom. The molecule has 3 nitrogen and oxygen atoms in total. The lowest BCUT2D eigenvalue weighted by atomic mass is 9.99. The number of nitrogens with two attached hydrogens (primary N) is 1. The molecule has 0 spiro atoms. The maximum Gasteiger partial charge on any atom is 0.119 e. The monoisotopic (exact) mass is 248 g/mol. The first kappa shape index (κ1) is 13.4. The lowest BCUT2D eigenvalue weighted by Crippen LogP contribution is -2.32. The van der Waals surface area contributed by atoms with Gasteiger partial charge in [-0.25, -0.2) is 0 Å². The molecule has 1 aromatic carbocycles. The largest absolute Gasteiger partial charge is 0.492 e. The topological polar surface area (TPSA) is 38.5 Å². The van der Waals surface area contributed by atoms with Crippen molar-refractivity contribution >= 4 is 0 Å². The average Bonchev–Trinajstić information content (AvgIpc) is 2.40. The van der Waals surface area contributed by atoms with Crippen LogP contribution in [0, 0.1) is 5.92 Å². The normalized spacial score (nSPS) is 17.9. The molecule has 100 valence electrons. The lowest BCUT2D eigenvalue weighted by molar-refractivity contribution is 0.185. The van der Waals surface area contributed by atoms with Crippen LogP contribution < -0.4 is 10.5 Å². The molecule has 0 aliphatic carbocycles. The summed E-state index contributed by atoms with van der Waals surface area (Å²) in [6, 6.07) is 8.37. The van der Waals surface area contributed by atoms with E-state index in [1.54, 1.807) is 0 Å². The number of hydrogen-bond acceptors (Lipinski definition) is 3. The third-order valence-corrected chi connectivity index (χ3v) is 3.57. The smallest absolute Gasteiger partial charge is 0.119 e. The van der Waals surface area contributed by atoms with Crippen LogP contribution in [0.15, 0.2) is 24.3 Å². The molecule has 2 rings (SSSR count). The Morgan fingerprint density at radius 2 is 2.11 bits per heavy atom. The lowest BCUT2D eigenvalue weighted by Gasteiger charge is -2.30. The predicted molar refractivity (Wildman–Crippen MR) is 74.7 cm³/mol. The van der Waals surface area contributed by atoms with E-state index in [1.807, 2.05) is 6.07 Å². The fourth-order valence-corrected chi connectivity index (χ4v) is 2.39. The molecular weight excluding hydrogens is 224 g/mol. The molecular formula is C15H24N2O. The number of rotatable bonds is 5. The number of nitrogens with zero attached hydrogens (tertiary/aromatic N) is 1. The van der Waals surface area contributed by atoms with Crippen LogP contribution in [-0.4, -0.2) is 31.1 Å². The summed E-state index contributed by atoms with van der Waals surface area (Å²) >= 11 is 0. The van der Waals surface area contributed by atoms with Gasteiger partial charge in [-0.15, -0.1) is 0 Å². The van der Waals surface area contributed by atoms with Crippen LogP contribution in [0.5, 0.6) is 5.75 Å². The van der Waals surface area contributed by atoms with Gasteiger partial charge < -0.3 is 10.5 Å². The summed E-state index contributed by atoms with van der Waals surface area (Å²) in [6.07, 6.45) is 2.65. The number of ether oxygens (including phenoxy) is 1. The second kappa shape index (κ2) is 6.76. The molecule has 0 radical (unpaired) electrons. The molecule has 1 aliphatic heterocycles. The van der Waals surface area contributed by atoms with E-state index in [0.29, 0.717) is 13.2 Å². The second-order valence-corrected chi connectivity index (χ2v) is 5.24. The van der Waals surface area contributed by atoms with Gasteiger partial charge in [0.05, 0.1) is 0 Å². The molecule has 3 heteroatoms. The highest BCUT2D eigenvalue weighted by atomic mass is 16.5. The minimum absolute atomic E-state index is 0.564. The Hall–Kier alpha value is -1.06. The van der Waals surface area contributed by atoms with Gasteiger partial charge in [-0.1, -0.05) is 19.1 Å². The molecule has 1 saturated heterocycles. The molecule has 0 atom stereocenters. The highest BCUT2D eigenvalue weighted by Gasteiger charge is 2.15. The van der Waals surface area contributed by atoms with E-state index >= 15 is 0 Å². The molecule has 1 aromatic rings.